The second-order valence-corrected chi connectivity index (χ2v) is 7.76. The van der Waals surface area contributed by atoms with Crippen LogP contribution in [0.4, 0.5) is 0 Å². The SMILES string of the molecule is CC(C)(S)CSc1ncc(C(C)(C)C)cn1. The lowest BCUT2D eigenvalue weighted by atomic mass is 9.89. The molecule has 0 bridgehead atoms. The highest BCUT2D eigenvalue weighted by Crippen LogP contribution is 2.25. The largest absolute Gasteiger partial charge is 0.231 e. The molecular formula is C12H20N2S2. The number of thioether (sulfide) groups is 1. The van der Waals surface area contributed by atoms with Gasteiger partial charge in [-0.15, -0.1) is 0 Å². The van der Waals surface area contributed by atoms with Crippen molar-refractivity contribution in [2.45, 2.75) is 49.9 Å². The number of thiol groups is 1. The minimum Gasteiger partial charge on any atom is -0.231 e. The summed E-state index contributed by atoms with van der Waals surface area (Å²) in [6.07, 6.45) is 3.84. The minimum absolute atomic E-state index is 0.0106. The van der Waals surface area contributed by atoms with Gasteiger partial charge in [0.2, 0.25) is 0 Å². The molecule has 0 aliphatic heterocycles. The lowest BCUT2D eigenvalue weighted by Crippen LogP contribution is -2.15. The van der Waals surface area contributed by atoms with Crippen molar-refractivity contribution in [2.75, 3.05) is 5.75 Å². The molecule has 0 radical (unpaired) electrons. The fourth-order valence-corrected chi connectivity index (χ4v) is 1.95. The highest BCUT2D eigenvalue weighted by molar-refractivity contribution is 8.00. The second kappa shape index (κ2) is 4.96. The second-order valence-electron chi connectivity index (χ2n) is 5.61. The van der Waals surface area contributed by atoms with Gasteiger partial charge in [-0.25, -0.2) is 9.97 Å². The van der Waals surface area contributed by atoms with Crippen LogP contribution in [0.5, 0.6) is 0 Å². The quantitative estimate of drug-likeness (QED) is 0.508. The van der Waals surface area contributed by atoms with Crippen LogP contribution in [-0.2, 0) is 5.41 Å². The number of hydrogen-bond acceptors (Lipinski definition) is 4. The summed E-state index contributed by atoms with van der Waals surface area (Å²) in [5.41, 5.74) is 1.29. The van der Waals surface area contributed by atoms with Crippen molar-refractivity contribution in [1.29, 1.82) is 0 Å². The van der Waals surface area contributed by atoms with Crippen LogP contribution in [0.1, 0.15) is 40.2 Å². The van der Waals surface area contributed by atoms with Crippen LogP contribution in [0.2, 0.25) is 0 Å². The Morgan fingerprint density at radius 1 is 1.12 bits per heavy atom. The first-order valence-corrected chi connectivity index (χ1v) is 6.79. The van der Waals surface area contributed by atoms with Crippen LogP contribution in [0.15, 0.2) is 17.6 Å². The van der Waals surface area contributed by atoms with Crippen LogP contribution in [0.3, 0.4) is 0 Å². The minimum atomic E-state index is 0.0106. The number of nitrogens with zero attached hydrogens (tertiary/aromatic N) is 2. The fourth-order valence-electron chi connectivity index (χ4n) is 1.02. The van der Waals surface area contributed by atoms with Crippen LogP contribution < -0.4 is 0 Å². The molecule has 4 heteroatoms. The van der Waals surface area contributed by atoms with E-state index in [9.17, 15) is 0 Å². The van der Waals surface area contributed by atoms with Gasteiger partial charge in [-0.3, -0.25) is 0 Å². The molecule has 0 fully saturated rings. The first kappa shape index (κ1) is 13.8. The highest BCUT2D eigenvalue weighted by Gasteiger charge is 2.16. The maximum atomic E-state index is 4.47. The van der Waals surface area contributed by atoms with Crippen LogP contribution in [0, 0.1) is 0 Å². The van der Waals surface area contributed by atoms with Gasteiger partial charge < -0.3 is 0 Å². The van der Waals surface area contributed by atoms with Crippen molar-refractivity contribution in [3.05, 3.63) is 18.0 Å². The van der Waals surface area contributed by atoms with Crippen molar-refractivity contribution in [2.24, 2.45) is 0 Å². The fraction of sp³-hybridized carbons (Fsp3) is 0.667. The Labute approximate surface area is 108 Å². The van der Waals surface area contributed by atoms with Crippen molar-refractivity contribution in [3.8, 4) is 0 Å². The zero-order valence-corrected chi connectivity index (χ0v) is 12.3. The molecule has 0 N–H and O–H groups in total. The van der Waals surface area contributed by atoms with Gasteiger partial charge >= 0.3 is 0 Å². The molecule has 1 aromatic heterocycles. The summed E-state index contributed by atoms with van der Waals surface area (Å²) < 4.78 is 0.0106. The molecule has 90 valence electrons. The predicted molar refractivity (Wildman–Crippen MR) is 74.5 cm³/mol. The van der Waals surface area contributed by atoms with Crippen molar-refractivity contribution < 1.29 is 0 Å². The maximum absolute atomic E-state index is 4.47. The molecule has 0 aliphatic rings. The van der Waals surface area contributed by atoms with Crippen molar-refractivity contribution >= 4 is 24.4 Å². The molecule has 1 heterocycles. The molecule has 0 aliphatic carbocycles. The molecular weight excluding hydrogens is 236 g/mol. The smallest absolute Gasteiger partial charge is 0.187 e. The van der Waals surface area contributed by atoms with E-state index in [4.69, 9.17) is 0 Å². The maximum Gasteiger partial charge on any atom is 0.187 e. The Balaban J connectivity index is 2.66. The summed E-state index contributed by atoms with van der Waals surface area (Å²) in [6, 6.07) is 0. The Bertz CT molecular complexity index is 334. The topological polar surface area (TPSA) is 25.8 Å². The van der Waals surface area contributed by atoms with E-state index in [2.05, 4.69) is 57.2 Å². The van der Waals surface area contributed by atoms with E-state index in [1.165, 1.54) is 5.56 Å². The van der Waals surface area contributed by atoms with E-state index < -0.39 is 0 Å². The summed E-state index contributed by atoms with van der Waals surface area (Å²) in [5, 5.41) is 0.829. The summed E-state index contributed by atoms with van der Waals surface area (Å²) in [7, 11) is 0. The van der Waals surface area contributed by atoms with Gasteiger partial charge in [-0.1, -0.05) is 46.4 Å². The lowest BCUT2D eigenvalue weighted by molar-refractivity contribution is 0.580. The third-order valence-corrected chi connectivity index (χ3v) is 3.76. The normalized spacial score (nSPS) is 12.9. The molecule has 16 heavy (non-hydrogen) atoms. The molecule has 1 rings (SSSR count). The van der Waals surface area contributed by atoms with Crippen LogP contribution in [0.25, 0.3) is 0 Å². The van der Waals surface area contributed by atoms with Gasteiger partial charge in [0.05, 0.1) is 0 Å². The van der Waals surface area contributed by atoms with Gasteiger partial charge in [0.15, 0.2) is 5.16 Å². The molecule has 0 saturated heterocycles. The van der Waals surface area contributed by atoms with E-state index >= 15 is 0 Å². The number of rotatable bonds is 3. The summed E-state index contributed by atoms with van der Waals surface area (Å²) in [5.74, 6) is 0.908. The average molecular weight is 256 g/mol. The van der Waals surface area contributed by atoms with E-state index in [1.54, 1.807) is 11.8 Å². The molecule has 0 saturated carbocycles. The molecule has 0 aromatic carbocycles. The lowest BCUT2D eigenvalue weighted by Gasteiger charge is -2.18. The third kappa shape index (κ3) is 4.74. The van der Waals surface area contributed by atoms with Gasteiger partial charge in [-0.05, 0) is 11.0 Å². The van der Waals surface area contributed by atoms with Crippen molar-refractivity contribution in [1.82, 2.24) is 9.97 Å². The van der Waals surface area contributed by atoms with Gasteiger partial charge in [0.1, 0.15) is 0 Å². The molecule has 0 amide bonds. The molecule has 0 unspecified atom stereocenters. The van der Waals surface area contributed by atoms with Gasteiger partial charge in [0.25, 0.3) is 0 Å². The zero-order valence-electron chi connectivity index (χ0n) is 10.6. The van der Waals surface area contributed by atoms with Crippen LogP contribution >= 0.6 is 24.4 Å². The van der Waals surface area contributed by atoms with E-state index in [0.717, 1.165) is 10.9 Å². The summed E-state index contributed by atoms with van der Waals surface area (Å²) >= 11 is 6.12. The zero-order chi connectivity index (χ0) is 12.4. The summed E-state index contributed by atoms with van der Waals surface area (Å²) in [6.45, 7) is 10.7. The monoisotopic (exact) mass is 256 g/mol. The van der Waals surface area contributed by atoms with E-state index in [0.29, 0.717) is 0 Å². The first-order valence-electron chi connectivity index (χ1n) is 5.36. The van der Waals surface area contributed by atoms with Crippen LogP contribution in [-0.4, -0.2) is 20.5 Å². The predicted octanol–water partition coefficient (Wildman–Crippen LogP) is 3.57. The van der Waals surface area contributed by atoms with Gasteiger partial charge in [-0.2, -0.15) is 12.6 Å². The first-order chi connectivity index (χ1) is 7.18. The highest BCUT2D eigenvalue weighted by atomic mass is 32.2. The Hall–Kier alpha value is -0.220. The van der Waals surface area contributed by atoms with E-state index in [-0.39, 0.29) is 10.2 Å². The number of hydrogen-bond donors (Lipinski definition) is 1. The standard InChI is InChI=1S/C12H20N2S2/c1-11(2,3)9-6-13-10(14-7-9)16-8-12(4,5)15/h6-7,15H,8H2,1-5H3. The molecule has 0 atom stereocenters. The molecule has 1 aromatic rings. The Morgan fingerprint density at radius 3 is 2.00 bits per heavy atom. The van der Waals surface area contributed by atoms with Gasteiger partial charge in [0, 0.05) is 22.9 Å². The van der Waals surface area contributed by atoms with E-state index in [1.807, 2.05) is 12.4 Å². The van der Waals surface area contributed by atoms with Crippen molar-refractivity contribution in [3.63, 3.8) is 0 Å². The summed E-state index contributed by atoms with van der Waals surface area (Å²) in [4.78, 5) is 8.73. The Morgan fingerprint density at radius 2 is 1.62 bits per heavy atom. The number of aromatic nitrogens is 2. The third-order valence-electron chi connectivity index (χ3n) is 2.05. The average Bonchev–Trinajstić information content (AvgIpc) is 2.13. The molecule has 2 nitrogen and oxygen atoms in total. The molecule has 0 spiro atoms. The Kier molecular flexibility index (Phi) is 4.29.